The summed E-state index contributed by atoms with van der Waals surface area (Å²) in [6.45, 7) is 2.94. The van der Waals surface area contributed by atoms with Crippen molar-refractivity contribution in [3.05, 3.63) is 24.3 Å². The minimum Gasteiger partial charge on any atom is -0.497 e. The zero-order chi connectivity index (χ0) is 18.6. The second kappa shape index (κ2) is 8.37. The Morgan fingerprint density at radius 3 is 2.46 bits per heavy atom. The van der Waals surface area contributed by atoms with Crippen LogP contribution in [0.2, 0.25) is 0 Å². The third-order valence-corrected chi connectivity index (χ3v) is 6.92. The van der Waals surface area contributed by atoms with Gasteiger partial charge in [0.15, 0.2) is 0 Å². The lowest BCUT2D eigenvalue weighted by Gasteiger charge is -2.35. The second-order valence-electron chi connectivity index (χ2n) is 6.75. The molecule has 0 N–H and O–H groups in total. The molecule has 1 atom stereocenters. The van der Waals surface area contributed by atoms with Crippen LogP contribution in [0.5, 0.6) is 5.75 Å². The Balaban J connectivity index is 1.55. The van der Waals surface area contributed by atoms with Gasteiger partial charge in [0.2, 0.25) is 15.9 Å². The van der Waals surface area contributed by atoms with Crippen LogP contribution in [0.3, 0.4) is 0 Å². The predicted octanol–water partition coefficient (Wildman–Crippen LogP) is 1.34. The van der Waals surface area contributed by atoms with Crippen LogP contribution in [0.15, 0.2) is 29.2 Å². The van der Waals surface area contributed by atoms with E-state index in [0.29, 0.717) is 45.0 Å². The van der Waals surface area contributed by atoms with Crippen molar-refractivity contribution < 1.29 is 22.7 Å². The van der Waals surface area contributed by atoms with E-state index in [1.165, 1.54) is 4.31 Å². The molecule has 0 aromatic heterocycles. The summed E-state index contributed by atoms with van der Waals surface area (Å²) in [7, 11) is -2.00. The molecular formula is C18H26N2O5S. The van der Waals surface area contributed by atoms with Gasteiger partial charge in [0.05, 0.1) is 12.0 Å². The molecule has 0 aliphatic carbocycles. The van der Waals surface area contributed by atoms with E-state index in [9.17, 15) is 13.2 Å². The summed E-state index contributed by atoms with van der Waals surface area (Å²) in [6.07, 6.45) is 2.52. The van der Waals surface area contributed by atoms with Gasteiger partial charge in [0, 0.05) is 45.8 Å². The maximum Gasteiger partial charge on any atom is 0.243 e. The highest BCUT2D eigenvalue weighted by Crippen LogP contribution is 2.22. The number of ether oxygens (including phenoxy) is 2. The third-order valence-electron chi connectivity index (χ3n) is 5.01. The first kappa shape index (κ1) is 19.1. The molecule has 1 amide bonds. The lowest BCUT2D eigenvalue weighted by atomic mass is 9.98. The van der Waals surface area contributed by atoms with Crippen LogP contribution >= 0.6 is 0 Å². The molecule has 1 aromatic carbocycles. The number of carbonyl (C=O) groups is 1. The fourth-order valence-corrected chi connectivity index (χ4v) is 4.84. The monoisotopic (exact) mass is 382 g/mol. The fraction of sp³-hybridized carbons (Fsp3) is 0.611. The van der Waals surface area contributed by atoms with Crippen molar-refractivity contribution in [1.29, 1.82) is 0 Å². The van der Waals surface area contributed by atoms with E-state index in [1.807, 2.05) is 0 Å². The average Bonchev–Trinajstić information content (AvgIpc) is 2.69. The van der Waals surface area contributed by atoms with Gasteiger partial charge < -0.3 is 14.4 Å². The smallest absolute Gasteiger partial charge is 0.243 e. The lowest BCUT2D eigenvalue weighted by molar-refractivity contribution is -0.134. The summed E-state index contributed by atoms with van der Waals surface area (Å²) in [6, 6.07) is 6.38. The van der Waals surface area contributed by atoms with Crippen LogP contribution < -0.4 is 4.74 Å². The molecule has 0 saturated carbocycles. The van der Waals surface area contributed by atoms with E-state index >= 15 is 0 Å². The highest BCUT2D eigenvalue weighted by molar-refractivity contribution is 7.89. The second-order valence-corrected chi connectivity index (χ2v) is 8.69. The number of methoxy groups -OCH3 is 1. The SMILES string of the molecule is COc1ccc(S(=O)(=O)N2CCN(C(=O)C[C@@H]3CCCOC3)CC2)cc1. The van der Waals surface area contributed by atoms with E-state index in [4.69, 9.17) is 9.47 Å². The summed E-state index contributed by atoms with van der Waals surface area (Å²) in [5, 5.41) is 0. The van der Waals surface area contributed by atoms with E-state index < -0.39 is 10.0 Å². The zero-order valence-electron chi connectivity index (χ0n) is 15.1. The van der Waals surface area contributed by atoms with Crippen molar-refractivity contribution in [3.8, 4) is 5.75 Å². The van der Waals surface area contributed by atoms with Gasteiger partial charge in [-0.1, -0.05) is 0 Å². The molecule has 7 nitrogen and oxygen atoms in total. The van der Waals surface area contributed by atoms with Crippen LogP contribution in [-0.4, -0.2) is 70.0 Å². The summed E-state index contributed by atoms with van der Waals surface area (Å²) in [4.78, 5) is 14.5. The molecule has 2 aliphatic rings. The molecule has 0 spiro atoms. The van der Waals surface area contributed by atoms with Gasteiger partial charge in [0.25, 0.3) is 0 Å². The van der Waals surface area contributed by atoms with Gasteiger partial charge in [0.1, 0.15) is 5.75 Å². The molecule has 3 rings (SSSR count). The van der Waals surface area contributed by atoms with Crippen molar-refractivity contribution in [3.63, 3.8) is 0 Å². The Morgan fingerprint density at radius 2 is 1.88 bits per heavy atom. The van der Waals surface area contributed by atoms with Crippen LogP contribution in [0.25, 0.3) is 0 Å². The molecule has 8 heteroatoms. The fourth-order valence-electron chi connectivity index (χ4n) is 3.42. The maximum atomic E-state index is 12.7. The molecule has 0 unspecified atom stereocenters. The molecule has 1 aromatic rings. The predicted molar refractivity (Wildman–Crippen MR) is 96.5 cm³/mol. The van der Waals surface area contributed by atoms with Crippen LogP contribution in [0.1, 0.15) is 19.3 Å². The first-order valence-corrected chi connectivity index (χ1v) is 10.4. The van der Waals surface area contributed by atoms with Gasteiger partial charge in [-0.05, 0) is 43.0 Å². The van der Waals surface area contributed by atoms with Crippen LogP contribution in [-0.2, 0) is 19.6 Å². The van der Waals surface area contributed by atoms with E-state index in [-0.39, 0.29) is 16.7 Å². The summed E-state index contributed by atoms with van der Waals surface area (Å²) in [5.74, 6) is 1.00. The Hall–Kier alpha value is -1.64. The first-order valence-electron chi connectivity index (χ1n) is 9.00. The highest BCUT2D eigenvalue weighted by Gasteiger charge is 2.31. The molecule has 2 aliphatic heterocycles. The first-order chi connectivity index (χ1) is 12.5. The van der Waals surface area contributed by atoms with Crippen molar-refractivity contribution in [2.75, 3.05) is 46.5 Å². The molecule has 26 heavy (non-hydrogen) atoms. The van der Waals surface area contributed by atoms with Gasteiger partial charge in [-0.25, -0.2) is 8.42 Å². The topological polar surface area (TPSA) is 76.2 Å². The Labute approximate surface area is 154 Å². The summed E-state index contributed by atoms with van der Waals surface area (Å²) < 4.78 is 37.4. The minimum atomic E-state index is -3.54. The number of nitrogens with zero attached hydrogens (tertiary/aromatic N) is 2. The highest BCUT2D eigenvalue weighted by atomic mass is 32.2. The quantitative estimate of drug-likeness (QED) is 0.768. The number of carbonyl (C=O) groups excluding carboxylic acids is 1. The van der Waals surface area contributed by atoms with E-state index in [2.05, 4.69) is 0 Å². The normalized spacial score (nSPS) is 22.2. The largest absolute Gasteiger partial charge is 0.497 e. The maximum absolute atomic E-state index is 12.7. The average molecular weight is 382 g/mol. The Kier molecular flexibility index (Phi) is 6.16. The number of hydrogen-bond acceptors (Lipinski definition) is 5. The van der Waals surface area contributed by atoms with Crippen molar-refractivity contribution in [2.45, 2.75) is 24.2 Å². The molecular weight excluding hydrogens is 356 g/mol. The Bertz CT molecular complexity index is 706. The molecule has 0 bridgehead atoms. The van der Waals surface area contributed by atoms with Gasteiger partial charge in [-0.15, -0.1) is 0 Å². The number of rotatable bonds is 5. The van der Waals surface area contributed by atoms with Gasteiger partial charge in [-0.2, -0.15) is 4.31 Å². The standard InChI is InChI=1S/C18H26N2O5S/c1-24-16-4-6-17(7-5-16)26(22,23)20-10-8-19(9-11-20)18(21)13-15-3-2-12-25-14-15/h4-7,15H,2-3,8-14H2,1H3/t15-/m0/s1. The van der Waals surface area contributed by atoms with Crippen molar-refractivity contribution in [1.82, 2.24) is 9.21 Å². The molecule has 2 heterocycles. The van der Waals surface area contributed by atoms with Crippen LogP contribution in [0.4, 0.5) is 0 Å². The number of benzene rings is 1. The molecule has 2 fully saturated rings. The molecule has 2 saturated heterocycles. The lowest BCUT2D eigenvalue weighted by Crippen LogP contribution is -2.50. The minimum absolute atomic E-state index is 0.0991. The van der Waals surface area contributed by atoms with Crippen molar-refractivity contribution in [2.24, 2.45) is 5.92 Å². The molecule has 0 radical (unpaired) electrons. The van der Waals surface area contributed by atoms with Gasteiger partial charge >= 0.3 is 0 Å². The van der Waals surface area contributed by atoms with Crippen molar-refractivity contribution >= 4 is 15.9 Å². The number of piperazine rings is 1. The van der Waals surface area contributed by atoms with Crippen LogP contribution in [0, 0.1) is 5.92 Å². The number of hydrogen-bond donors (Lipinski definition) is 0. The Morgan fingerprint density at radius 1 is 1.19 bits per heavy atom. The van der Waals surface area contributed by atoms with Gasteiger partial charge in [-0.3, -0.25) is 4.79 Å². The summed E-state index contributed by atoms with van der Waals surface area (Å²) in [5.41, 5.74) is 0. The molecule has 144 valence electrons. The number of sulfonamides is 1. The summed E-state index contributed by atoms with van der Waals surface area (Å²) >= 11 is 0. The zero-order valence-corrected chi connectivity index (χ0v) is 15.9. The van der Waals surface area contributed by atoms with E-state index in [1.54, 1.807) is 36.3 Å². The third kappa shape index (κ3) is 4.36. The van der Waals surface area contributed by atoms with E-state index in [0.717, 1.165) is 19.4 Å². The number of amides is 1.